The Bertz CT molecular complexity index is 1200. The van der Waals surface area contributed by atoms with Crippen molar-refractivity contribution in [2.45, 2.75) is 13.8 Å². The number of para-hydroxylation sites is 1. The molecule has 33 heavy (non-hydrogen) atoms. The Hall–Kier alpha value is -4.46. The Morgan fingerprint density at radius 2 is 1.45 bits per heavy atom. The van der Waals surface area contributed by atoms with Gasteiger partial charge in [-0.25, -0.2) is 10.2 Å². The third-order valence-corrected chi connectivity index (χ3v) is 4.72. The molecule has 0 aliphatic rings. The van der Waals surface area contributed by atoms with E-state index in [9.17, 15) is 14.4 Å². The van der Waals surface area contributed by atoms with Crippen molar-refractivity contribution in [3.63, 3.8) is 0 Å². The minimum atomic E-state index is -0.945. The van der Waals surface area contributed by atoms with Crippen LogP contribution in [0.1, 0.15) is 28.4 Å². The summed E-state index contributed by atoms with van der Waals surface area (Å²) in [6, 6.07) is 20.4. The number of hydrogen-bond acceptors (Lipinski definition) is 6. The third kappa shape index (κ3) is 6.04. The Morgan fingerprint density at radius 3 is 2.12 bits per heavy atom. The molecule has 2 amide bonds. The van der Waals surface area contributed by atoms with Crippen LogP contribution < -0.4 is 20.2 Å². The average Bonchev–Trinajstić information content (AvgIpc) is 2.83. The summed E-state index contributed by atoms with van der Waals surface area (Å²) in [4.78, 5) is 36.9. The fraction of sp³-hybridized carbons (Fsp3) is 0.120. The first-order valence-corrected chi connectivity index (χ1v) is 10.1. The third-order valence-electron chi connectivity index (χ3n) is 4.72. The highest BCUT2D eigenvalue weighted by atomic mass is 16.5. The molecule has 3 aromatic rings. The van der Waals surface area contributed by atoms with Crippen LogP contribution in [0.2, 0.25) is 0 Å². The number of anilines is 1. The molecule has 0 atom stereocenters. The molecule has 0 aromatic heterocycles. The summed E-state index contributed by atoms with van der Waals surface area (Å²) in [6.07, 6.45) is 0. The van der Waals surface area contributed by atoms with Gasteiger partial charge < -0.3 is 14.8 Å². The van der Waals surface area contributed by atoms with Crippen LogP contribution in [0.25, 0.3) is 0 Å². The number of hydrogen-bond donors (Lipinski definition) is 2. The molecule has 0 aliphatic heterocycles. The summed E-state index contributed by atoms with van der Waals surface area (Å²) in [7, 11) is 1.53. The molecule has 2 N–H and O–H groups in total. The van der Waals surface area contributed by atoms with Gasteiger partial charge in [0, 0.05) is 11.3 Å². The zero-order chi connectivity index (χ0) is 23.8. The summed E-state index contributed by atoms with van der Waals surface area (Å²) < 4.78 is 10.6. The second-order valence-corrected chi connectivity index (χ2v) is 7.02. The van der Waals surface area contributed by atoms with Gasteiger partial charge in [-0.15, -0.1) is 0 Å². The first-order chi connectivity index (χ1) is 15.9. The Labute approximate surface area is 191 Å². The highest BCUT2D eigenvalue weighted by Gasteiger charge is 2.16. The van der Waals surface area contributed by atoms with Crippen LogP contribution in [0.4, 0.5) is 5.69 Å². The Kier molecular flexibility index (Phi) is 7.54. The molecule has 0 aliphatic carbocycles. The lowest BCUT2D eigenvalue weighted by Crippen LogP contribution is -2.33. The number of methoxy groups -OCH3 is 1. The van der Waals surface area contributed by atoms with Crippen molar-refractivity contribution in [1.29, 1.82) is 0 Å². The van der Waals surface area contributed by atoms with E-state index in [4.69, 9.17) is 9.47 Å². The standard InChI is InChI=1S/C25H23N3O5/c1-16-8-4-5-9-20(16)25(31)33-22-11-7-6-10-21(22)17(2)27-28-24(30)23(29)26-18-12-14-19(32-3)15-13-18/h4-15H,1-3H3,(H,26,29)(H,28,30)/b27-17+. The second-order valence-electron chi connectivity index (χ2n) is 7.02. The summed E-state index contributed by atoms with van der Waals surface area (Å²) in [5.41, 5.74) is 4.74. The molecule has 8 heteroatoms. The summed E-state index contributed by atoms with van der Waals surface area (Å²) in [6.45, 7) is 3.45. The van der Waals surface area contributed by atoms with Gasteiger partial charge >= 0.3 is 17.8 Å². The van der Waals surface area contributed by atoms with Crippen LogP contribution in [0.5, 0.6) is 11.5 Å². The number of amides is 2. The zero-order valence-corrected chi connectivity index (χ0v) is 18.4. The highest BCUT2D eigenvalue weighted by molar-refractivity contribution is 6.39. The lowest BCUT2D eigenvalue weighted by atomic mass is 10.1. The van der Waals surface area contributed by atoms with E-state index in [0.29, 0.717) is 28.3 Å². The molecule has 0 heterocycles. The lowest BCUT2D eigenvalue weighted by molar-refractivity contribution is -0.136. The number of carbonyl (C=O) groups is 3. The molecule has 0 saturated carbocycles. The van der Waals surface area contributed by atoms with E-state index >= 15 is 0 Å². The van der Waals surface area contributed by atoms with Gasteiger partial charge in [0.1, 0.15) is 11.5 Å². The molecular formula is C25H23N3O5. The zero-order valence-electron chi connectivity index (χ0n) is 18.4. The number of carbonyl (C=O) groups excluding carboxylic acids is 3. The quantitative estimate of drug-likeness (QED) is 0.198. The van der Waals surface area contributed by atoms with Crippen LogP contribution in [-0.2, 0) is 9.59 Å². The summed E-state index contributed by atoms with van der Waals surface area (Å²) in [5.74, 6) is -1.42. The van der Waals surface area contributed by atoms with Gasteiger partial charge in [-0.3, -0.25) is 9.59 Å². The fourth-order valence-corrected chi connectivity index (χ4v) is 2.92. The van der Waals surface area contributed by atoms with Crippen molar-refractivity contribution in [2.75, 3.05) is 12.4 Å². The molecule has 0 spiro atoms. The van der Waals surface area contributed by atoms with Gasteiger partial charge in [-0.05, 0) is 61.9 Å². The van der Waals surface area contributed by atoms with E-state index in [1.54, 1.807) is 67.6 Å². The minimum Gasteiger partial charge on any atom is -0.497 e. The van der Waals surface area contributed by atoms with Crippen molar-refractivity contribution >= 4 is 29.2 Å². The van der Waals surface area contributed by atoms with Crippen LogP contribution in [0.3, 0.4) is 0 Å². The first-order valence-electron chi connectivity index (χ1n) is 10.1. The number of benzene rings is 3. The van der Waals surface area contributed by atoms with Crippen molar-refractivity contribution in [3.05, 3.63) is 89.5 Å². The van der Waals surface area contributed by atoms with Crippen molar-refractivity contribution in [3.8, 4) is 11.5 Å². The molecule has 0 radical (unpaired) electrons. The molecule has 8 nitrogen and oxygen atoms in total. The van der Waals surface area contributed by atoms with Crippen LogP contribution in [-0.4, -0.2) is 30.6 Å². The smallest absolute Gasteiger partial charge is 0.343 e. The van der Waals surface area contributed by atoms with Gasteiger partial charge in [-0.2, -0.15) is 5.10 Å². The predicted molar refractivity (Wildman–Crippen MR) is 125 cm³/mol. The van der Waals surface area contributed by atoms with Crippen LogP contribution in [0.15, 0.2) is 77.9 Å². The second kappa shape index (κ2) is 10.7. The minimum absolute atomic E-state index is 0.281. The maximum atomic E-state index is 12.6. The molecule has 3 rings (SSSR count). The number of ether oxygens (including phenoxy) is 2. The monoisotopic (exact) mass is 445 g/mol. The molecule has 0 fully saturated rings. The van der Waals surface area contributed by atoms with Crippen LogP contribution in [0, 0.1) is 6.92 Å². The topological polar surface area (TPSA) is 106 Å². The number of hydrazone groups is 1. The van der Waals surface area contributed by atoms with Crippen molar-refractivity contribution in [1.82, 2.24) is 5.43 Å². The Balaban J connectivity index is 1.67. The summed E-state index contributed by atoms with van der Waals surface area (Å²) in [5, 5.41) is 6.46. The van der Waals surface area contributed by atoms with Gasteiger partial charge in [0.2, 0.25) is 0 Å². The van der Waals surface area contributed by atoms with E-state index in [2.05, 4.69) is 15.8 Å². The molecular weight excluding hydrogens is 422 g/mol. The number of esters is 1. The number of aryl methyl sites for hydroxylation is 1. The van der Waals surface area contributed by atoms with Gasteiger partial charge in [0.05, 0.1) is 18.4 Å². The first kappa shape index (κ1) is 23.2. The largest absolute Gasteiger partial charge is 0.497 e. The summed E-state index contributed by atoms with van der Waals surface area (Å²) >= 11 is 0. The Morgan fingerprint density at radius 1 is 0.818 bits per heavy atom. The maximum absolute atomic E-state index is 12.6. The van der Waals surface area contributed by atoms with Gasteiger partial charge in [0.25, 0.3) is 0 Å². The average molecular weight is 445 g/mol. The van der Waals surface area contributed by atoms with Gasteiger partial charge in [-0.1, -0.05) is 30.3 Å². The van der Waals surface area contributed by atoms with E-state index < -0.39 is 17.8 Å². The van der Waals surface area contributed by atoms with Crippen LogP contribution >= 0.6 is 0 Å². The van der Waals surface area contributed by atoms with E-state index in [-0.39, 0.29) is 5.75 Å². The van der Waals surface area contributed by atoms with Gasteiger partial charge in [0.15, 0.2) is 0 Å². The van der Waals surface area contributed by atoms with Crippen molar-refractivity contribution in [2.24, 2.45) is 5.10 Å². The molecule has 0 saturated heterocycles. The van der Waals surface area contributed by atoms with E-state index in [1.807, 2.05) is 19.1 Å². The van der Waals surface area contributed by atoms with E-state index in [0.717, 1.165) is 5.56 Å². The molecule has 0 unspecified atom stereocenters. The molecule has 0 bridgehead atoms. The maximum Gasteiger partial charge on any atom is 0.343 e. The fourth-order valence-electron chi connectivity index (χ4n) is 2.92. The highest BCUT2D eigenvalue weighted by Crippen LogP contribution is 2.21. The normalized spacial score (nSPS) is 10.8. The number of nitrogens with zero attached hydrogens (tertiary/aromatic N) is 1. The number of nitrogens with one attached hydrogen (secondary N) is 2. The SMILES string of the molecule is COc1ccc(NC(=O)C(=O)N/N=C(\C)c2ccccc2OC(=O)c2ccccc2C)cc1. The number of rotatable bonds is 6. The molecule has 168 valence electrons. The van der Waals surface area contributed by atoms with Crippen molar-refractivity contribution < 1.29 is 23.9 Å². The predicted octanol–water partition coefficient (Wildman–Crippen LogP) is 3.70. The lowest BCUT2D eigenvalue weighted by Gasteiger charge is -2.11. The van der Waals surface area contributed by atoms with E-state index in [1.165, 1.54) is 7.11 Å². The molecule has 3 aromatic carbocycles.